The average molecular weight is 359 g/mol. The van der Waals surface area contributed by atoms with Crippen molar-refractivity contribution < 1.29 is 0 Å². The molecule has 0 aliphatic heterocycles. The molecule has 0 atom stereocenters. The molecule has 8 heteroatoms. The molecule has 96 valence electrons. The lowest BCUT2D eigenvalue weighted by Gasteiger charge is -2.10. The zero-order valence-electron chi connectivity index (χ0n) is 9.28. The smallest absolute Gasteiger partial charge is 0.222 e. The van der Waals surface area contributed by atoms with Gasteiger partial charge in [0.15, 0.2) is 0 Å². The number of aromatic nitrogens is 2. The molecule has 1 aromatic heterocycles. The molecule has 0 unspecified atom stereocenters. The molecule has 0 amide bonds. The zero-order chi connectivity index (χ0) is 14.2. The molecule has 0 saturated heterocycles. The minimum absolute atomic E-state index is 0.00263. The molecule has 1 aromatic carbocycles. The maximum absolute atomic E-state index is 9.14. The molecule has 0 aliphatic carbocycles. The molecule has 2 aromatic rings. The van der Waals surface area contributed by atoms with Gasteiger partial charge in [-0.1, -0.05) is 23.2 Å². The number of nitrogen functional groups attached to an aromatic ring is 2. The van der Waals surface area contributed by atoms with Gasteiger partial charge in [-0.25, -0.2) is 4.98 Å². The molecule has 19 heavy (non-hydrogen) atoms. The van der Waals surface area contributed by atoms with Crippen LogP contribution in [0.2, 0.25) is 10.0 Å². The predicted molar refractivity (Wildman–Crippen MR) is 78.7 cm³/mol. The van der Waals surface area contributed by atoms with Gasteiger partial charge in [0, 0.05) is 15.1 Å². The van der Waals surface area contributed by atoms with Crippen molar-refractivity contribution in [1.82, 2.24) is 9.97 Å². The van der Waals surface area contributed by atoms with Crippen LogP contribution < -0.4 is 11.5 Å². The number of halogens is 3. The highest BCUT2D eigenvalue weighted by atomic mass is 79.9. The summed E-state index contributed by atoms with van der Waals surface area (Å²) in [5.41, 5.74) is 12.0. The Hall–Kier alpha value is -1.55. The Morgan fingerprint density at radius 3 is 2.53 bits per heavy atom. The van der Waals surface area contributed by atoms with Gasteiger partial charge in [0.25, 0.3) is 0 Å². The average Bonchev–Trinajstić information content (AvgIpc) is 2.33. The second-order valence-electron chi connectivity index (χ2n) is 3.55. The van der Waals surface area contributed by atoms with Crippen molar-refractivity contribution in [3.05, 3.63) is 32.2 Å². The molecular weight excluding hydrogens is 353 g/mol. The molecule has 0 aliphatic rings. The third kappa shape index (κ3) is 2.59. The van der Waals surface area contributed by atoms with Gasteiger partial charge in [-0.2, -0.15) is 10.2 Å². The molecule has 2 rings (SSSR count). The van der Waals surface area contributed by atoms with Crippen LogP contribution in [0.25, 0.3) is 11.3 Å². The number of benzene rings is 1. The summed E-state index contributed by atoms with van der Waals surface area (Å²) in [7, 11) is 0. The highest BCUT2D eigenvalue weighted by Crippen LogP contribution is 2.38. The van der Waals surface area contributed by atoms with E-state index in [0.717, 1.165) is 0 Å². The lowest BCUT2D eigenvalue weighted by Crippen LogP contribution is -2.05. The largest absolute Gasteiger partial charge is 0.382 e. The Labute approximate surface area is 127 Å². The van der Waals surface area contributed by atoms with E-state index in [2.05, 4.69) is 25.9 Å². The van der Waals surface area contributed by atoms with E-state index in [4.69, 9.17) is 39.9 Å². The van der Waals surface area contributed by atoms with Gasteiger partial charge in [0.05, 0.1) is 10.7 Å². The quantitative estimate of drug-likeness (QED) is 0.762. The number of nitrogens with zero attached hydrogens (tertiary/aromatic N) is 3. The summed E-state index contributed by atoms with van der Waals surface area (Å²) in [6, 6.07) is 5.15. The van der Waals surface area contributed by atoms with E-state index in [9.17, 15) is 0 Å². The van der Waals surface area contributed by atoms with Gasteiger partial charge in [0.2, 0.25) is 5.95 Å². The molecule has 5 nitrogen and oxygen atoms in total. The van der Waals surface area contributed by atoms with Crippen LogP contribution in [0.15, 0.2) is 16.6 Å². The SMILES string of the molecule is N#Cc1c(N)nc(N)nc1-c1cc(Cl)cc(Br)c1Cl. The Morgan fingerprint density at radius 2 is 1.89 bits per heavy atom. The van der Waals surface area contributed by atoms with E-state index in [1.807, 2.05) is 6.07 Å². The van der Waals surface area contributed by atoms with Crippen LogP contribution in [0, 0.1) is 11.3 Å². The third-order valence-corrected chi connectivity index (χ3v) is 3.79. The summed E-state index contributed by atoms with van der Waals surface area (Å²) in [5.74, 6) is -0.0455. The van der Waals surface area contributed by atoms with Crippen LogP contribution in [0.1, 0.15) is 5.56 Å². The van der Waals surface area contributed by atoms with Crippen molar-refractivity contribution in [2.75, 3.05) is 11.5 Å². The topological polar surface area (TPSA) is 102 Å². The van der Waals surface area contributed by atoms with Gasteiger partial charge in [-0.05, 0) is 28.1 Å². The van der Waals surface area contributed by atoms with Crippen molar-refractivity contribution in [2.24, 2.45) is 0 Å². The van der Waals surface area contributed by atoms with Crippen LogP contribution >= 0.6 is 39.1 Å². The fourth-order valence-electron chi connectivity index (χ4n) is 1.53. The molecule has 0 radical (unpaired) electrons. The number of nitrogens with two attached hydrogens (primary N) is 2. The maximum atomic E-state index is 9.14. The summed E-state index contributed by atoms with van der Waals surface area (Å²) in [5, 5.41) is 9.94. The number of rotatable bonds is 1. The first-order valence-corrected chi connectivity index (χ1v) is 6.47. The Morgan fingerprint density at radius 1 is 1.21 bits per heavy atom. The Kier molecular flexibility index (Phi) is 3.80. The second kappa shape index (κ2) is 5.21. The summed E-state index contributed by atoms with van der Waals surface area (Å²) >= 11 is 15.4. The van der Waals surface area contributed by atoms with Crippen molar-refractivity contribution in [2.45, 2.75) is 0 Å². The van der Waals surface area contributed by atoms with E-state index in [1.54, 1.807) is 12.1 Å². The van der Waals surface area contributed by atoms with Crippen molar-refractivity contribution in [1.29, 1.82) is 5.26 Å². The van der Waals surface area contributed by atoms with Crippen LogP contribution in [-0.4, -0.2) is 9.97 Å². The third-order valence-electron chi connectivity index (χ3n) is 2.31. The number of nitriles is 1. The first-order chi connectivity index (χ1) is 8.93. The number of hydrogen-bond donors (Lipinski definition) is 2. The molecule has 1 heterocycles. The standard InChI is InChI=1S/C11H6BrCl2N5/c12-7-2-4(13)1-5(8(7)14)9-6(3-15)10(16)19-11(17)18-9/h1-2H,(H4,16,17,18,19). The second-order valence-corrected chi connectivity index (χ2v) is 5.22. The fourth-order valence-corrected chi connectivity index (χ4v) is 2.54. The molecule has 4 N–H and O–H groups in total. The first-order valence-electron chi connectivity index (χ1n) is 4.92. The van der Waals surface area contributed by atoms with Crippen molar-refractivity contribution >= 4 is 50.9 Å². The fraction of sp³-hybridized carbons (Fsp3) is 0. The van der Waals surface area contributed by atoms with E-state index in [-0.39, 0.29) is 23.0 Å². The maximum Gasteiger partial charge on any atom is 0.222 e. The molecule has 0 bridgehead atoms. The van der Waals surface area contributed by atoms with Crippen LogP contribution in [0.3, 0.4) is 0 Å². The highest BCUT2D eigenvalue weighted by molar-refractivity contribution is 9.10. The van der Waals surface area contributed by atoms with Crippen molar-refractivity contribution in [3.63, 3.8) is 0 Å². The Bertz CT molecular complexity index is 711. The molecule has 0 saturated carbocycles. The molecule has 0 fully saturated rings. The number of hydrogen-bond acceptors (Lipinski definition) is 5. The normalized spacial score (nSPS) is 10.2. The minimum Gasteiger partial charge on any atom is -0.382 e. The monoisotopic (exact) mass is 357 g/mol. The summed E-state index contributed by atoms with van der Waals surface area (Å²) < 4.78 is 0.580. The summed E-state index contributed by atoms with van der Waals surface area (Å²) in [4.78, 5) is 7.76. The van der Waals surface area contributed by atoms with Crippen LogP contribution in [0.4, 0.5) is 11.8 Å². The van der Waals surface area contributed by atoms with Crippen LogP contribution in [0.5, 0.6) is 0 Å². The van der Waals surface area contributed by atoms with Crippen LogP contribution in [-0.2, 0) is 0 Å². The number of anilines is 2. The van der Waals surface area contributed by atoms with E-state index < -0.39 is 0 Å². The lowest BCUT2D eigenvalue weighted by molar-refractivity contribution is 1.18. The van der Waals surface area contributed by atoms with Gasteiger partial charge in [-0.15, -0.1) is 0 Å². The minimum atomic E-state index is -0.0429. The van der Waals surface area contributed by atoms with Gasteiger partial charge < -0.3 is 11.5 Å². The van der Waals surface area contributed by atoms with Gasteiger partial charge in [-0.3, -0.25) is 0 Å². The van der Waals surface area contributed by atoms with Gasteiger partial charge >= 0.3 is 0 Å². The molecule has 0 spiro atoms. The summed E-state index contributed by atoms with van der Waals surface area (Å²) in [6.07, 6.45) is 0. The lowest BCUT2D eigenvalue weighted by atomic mass is 10.1. The van der Waals surface area contributed by atoms with Crippen molar-refractivity contribution in [3.8, 4) is 17.3 Å². The zero-order valence-corrected chi connectivity index (χ0v) is 12.4. The predicted octanol–water partition coefficient (Wildman–Crippen LogP) is 3.25. The molecular formula is C11H6BrCl2N5. The van der Waals surface area contributed by atoms with E-state index >= 15 is 0 Å². The van der Waals surface area contributed by atoms with E-state index in [1.165, 1.54) is 0 Å². The van der Waals surface area contributed by atoms with Gasteiger partial charge in [0.1, 0.15) is 17.5 Å². The Balaban J connectivity index is 2.83. The first kappa shape index (κ1) is 13.9. The van der Waals surface area contributed by atoms with E-state index in [0.29, 0.717) is 20.1 Å². The highest BCUT2D eigenvalue weighted by Gasteiger charge is 2.17. The summed E-state index contributed by atoms with van der Waals surface area (Å²) in [6.45, 7) is 0.